The van der Waals surface area contributed by atoms with E-state index in [9.17, 15) is 14.4 Å². The van der Waals surface area contributed by atoms with Crippen LogP contribution >= 0.6 is 0 Å². The van der Waals surface area contributed by atoms with Crippen molar-refractivity contribution >= 4 is 17.9 Å². The molecule has 1 spiro atoms. The summed E-state index contributed by atoms with van der Waals surface area (Å²) in [5, 5.41) is 0. The number of esters is 3. The third-order valence-corrected chi connectivity index (χ3v) is 7.05. The molecule has 150 valence electrons. The lowest BCUT2D eigenvalue weighted by atomic mass is 9.61. The summed E-state index contributed by atoms with van der Waals surface area (Å²) in [7, 11) is 0. The van der Waals surface area contributed by atoms with Crippen LogP contribution in [0, 0.1) is 28.6 Å². The molecule has 0 bridgehead atoms. The summed E-state index contributed by atoms with van der Waals surface area (Å²) in [6.45, 7) is 13.4. The Morgan fingerprint density at radius 1 is 1.26 bits per heavy atom. The van der Waals surface area contributed by atoms with Crippen LogP contribution in [-0.2, 0) is 28.6 Å². The van der Waals surface area contributed by atoms with Gasteiger partial charge in [0.25, 0.3) is 0 Å². The van der Waals surface area contributed by atoms with Crippen molar-refractivity contribution in [2.24, 2.45) is 28.6 Å². The molecule has 3 rings (SSSR count). The van der Waals surface area contributed by atoms with E-state index in [4.69, 9.17) is 14.2 Å². The Balaban J connectivity index is 2.11. The Morgan fingerprint density at radius 3 is 2.44 bits per heavy atom. The molecule has 1 heterocycles. The third kappa shape index (κ3) is 2.88. The number of hydrogen-bond donors (Lipinski definition) is 0. The van der Waals surface area contributed by atoms with Gasteiger partial charge in [0, 0.05) is 12.8 Å². The molecule has 0 radical (unpaired) electrons. The van der Waals surface area contributed by atoms with Crippen molar-refractivity contribution in [1.82, 2.24) is 0 Å². The second kappa shape index (κ2) is 6.64. The van der Waals surface area contributed by atoms with E-state index < -0.39 is 17.6 Å². The highest BCUT2D eigenvalue weighted by molar-refractivity contribution is 5.86. The molecule has 3 fully saturated rings. The van der Waals surface area contributed by atoms with Crippen LogP contribution in [0.4, 0.5) is 0 Å². The fraction of sp³-hybridized carbons (Fsp3) is 0.762. The first-order valence-corrected chi connectivity index (χ1v) is 9.77. The van der Waals surface area contributed by atoms with E-state index in [-0.39, 0.29) is 47.7 Å². The SMILES string of the molecule is C=C1COC(=O)[C@]12C[C@@]1(C)[C@H]([C@@H](OC(C)=O)CC[C@@H]1C)[C@H]2OC(=O)C(C)C. The van der Waals surface area contributed by atoms with Crippen LogP contribution in [0.15, 0.2) is 12.2 Å². The zero-order valence-electron chi connectivity index (χ0n) is 16.9. The first-order chi connectivity index (χ1) is 12.5. The summed E-state index contributed by atoms with van der Waals surface area (Å²) >= 11 is 0. The highest BCUT2D eigenvalue weighted by Gasteiger charge is 2.72. The zero-order chi connectivity index (χ0) is 20.1. The van der Waals surface area contributed by atoms with Gasteiger partial charge < -0.3 is 14.2 Å². The minimum absolute atomic E-state index is 0.143. The van der Waals surface area contributed by atoms with Gasteiger partial charge in [0.2, 0.25) is 0 Å². The van der Waals surface area contributed by atoms with Crippen molar-refractivity contribution in [3.8, 4) is 0 Å². The minimum Gasteiger partial charge on any atom is -0.462 e. The number of carbonyl (C=O) groups excluding carboxylic acids is 3. The quantitative estimate of drug-likeness (QED) is 0.427. The number of ether oxygens (including phenoxy) is 3. The van der Waals surface area contributed by atoms with Crippen LogP contribution in [0.5, 0.6) is 0 Å². The fourth-order valence-electron chi connectivity index (χ4n) is 5.37. The minimum atomic E-state index is -1.05. The molecule has 2 saturated carbocycles. The molecule has 27 heavy (non-hydrogen) atoms. The predicted octanol–water partition coefficient (Wildman–Crippen LogP) is 3.04. The number of cyclic esters (lactones) is 1. The molecule has 6 atom stereocenters. The van der Waals surface area contributed by atoms with Crippen LogP contribution < -0.4 is 0 Å². The largest absolute Gasteiger partial charge is 0.462 e. The summed E-state index contributed by atoms with van der Waals surface area (Å²) < 4.78 is 16.9. The highest BCUT2D eigenvalue weighted by Crippen LogP contribution is 2.66. The molecular formula is C21H30O6. The van der Waals surface area contributed by atoms with Crippen LogP contribution in [0.3, 0.4) is 0 Å². The maximum Gasteiger partial charge on any atom is 0.320 e. The van der Waals surface area contributed by atoms with Crippen molar-refractivity contribution in [3.63, 3.8) is 0 Å². The van der Waals surface area contributed by atoms with E-state index in [0.717, 1.165) is 6.42 Å². The summed E-state index contributed by atoms with van der Waals surface area (Å²) in [5.41, 5.74) is -0.730. The zero-order valence-corrected chi connectivity index (χ0v) is 16.9. The van der Waals surface area contributed by atoms with Crippen LogP contribution in [-0.4, -0.2) is 36.7 Å². The van der Waals surface area contributed by atoms with E-state index in [2.05, 4.69) is 20.4 Å². The van der Waals surface area contributed by atoms with Gasteiger partial charge in [-0.05, 0) is 36.2 Å². The lowest BCUT2D eigenvalue weighted by molar-refractivity contribution is -0.177. The van der Waals surface area contributed by atoms with Gasteiger partial charge in [0.05, 0.1) is 5.92 Å². The number of hydrogen-bond acceptors (Lipinski definition) is 6. The van der Waals surface area contributed by atoms with Gasteiger partial charge in [0.15, 0.2) is 0 Å². The highest BCUT2D eigenvalue weighted by atomic mass is 16.6. The fourth-order valence-corrected chi connectivity index (χ4v) is 5.37. The summed E-state index contributed by atoms with van der Waals surface area (Å²) in [6, 6.07) is 0. The van der Waals surface area contributed by atoms with Gasteiger partial charge in [-0.3, -0.25) is 14.4 Å². The molecule has 0 aromatic rings. The van der Waals surface area contributed by atoms with Gasteiger partial charge in [-0.2, -0.15) is 0 Å². The molecule has 0 aromatic heterocycles. The summed E-state index contributed by atoms with van der Waals surface area (Å²) in [6.07, 6.45) is 0.945. The van der Waals surface area contributed by atoms with E-state index in [1.165, 1.54) is 6.92 Å². The van der Waals surface area contributed by atoms with E-state index >= 15 is 0 Å². The lowest BCUT2D eigenvalue weighted by Crippen LogP contribution is -2.50. The smallest absolute Gasteiger partial charge is 0.320 e. The molecular weight excluding hydrogens is 348 g/mol. The molecule has 0 N–H and O–H groups in total. The monoisotopic (exact) mass is 378 g/mol. The maximum atomic E-state index is 12.9. The molecule has 6 nitrogen and oxygen atoms in total. The average molecular weight is 378 g/mol. The first kappa shape index (κ1) is 19.9. The topological polar surface area (TPSA) is 78.9 Å². The Kier molecular flexibility index (Phi) is 4.89. The second-order valence-corrected chi connectivity index (χ2v) is 9.00. The van der Waals surface area contributed by atoms with Gasteiger partial charge in [-0.25, -0.2) is 0 Å². The van der Waals surface area contributed by atoms with Gasteiger partial charge in [-0.1, -0.05) is 34.3 Å². The second-order valence-electron chi connectivity index (χ2n) is 9.00. The van der Waals surface area contributed by atoms with Crippen molar-refractivity contribution in [1.29, 1.82) is 0 Å². The molecule has 0 amide bonds. The van der Waals surface area contributed by atoms with E-state index in [1.807, 2.05) is 0 Å². The molecule has 0 aromatic carbocycles. The van der Waals surface area contributed by atoms with Crippen molar-refractivity contribution < 1.29 is 28.6 Å². The van der Waals surface area contributed by atoms with E-state index in [1.54, 1.807) is 13.8 Å². The standard InChI is InChI=1S/C21H30O6/c1-11(2)18(23)27-17-16-15(26-14(5)22)8-7-12(3)20(16,6)10-21(17)13(4)9-25-19(21)24/h11-12,15-17H,4,7-10H2,1-3,5-6H3/t12-,15-,16+,17+,20+,21+/m0/s1. The Morgan fingerprint density at radius 2 is 1.93 bits per heavy atom. The van der Waals surface area contributed by atoms with Crippen LogP contribution in [0.1, 0.15) is 53.9 Å². The molecule has 3 aliphatic rings. The van der Waals surface area contributed by atoms with Crippen molar-refractivity contribution in [2.45, 2.75) is 66.1 Å². The Hall–Kier alpha value is -1.85. The van der Waals surface area contributed by atoms with Gasteiger partial charge in [0.1, 0.15) is 24.2 Å². The Bertz CT molecular complexity index is 664. The van der Waals surface area contributed by atoms with Crippen LogP contribution in [0.25, 0.3) is 0 Å². The average Bonchev–Trinajstić information content (AvgIpc) is 3.01. The van der Waals surface area contributed by atoms with E-state index in [0.29, 0.717) is 18.4 Å². The number of fused-ring (bicyclic) bond motifs is 1. The summed E-state index contributed by atoms with van der Waals surface area (Å²) in [4.78, 5) is 37.2. The molecule has 2 aliphatic carbocycles. The molecule has 6 heteroatoms. The van der Waals surface area contributed by atoms with Crippen molar-refractivity contribution in [3.05, 3.63) is 12.2 Å². The third-order valence-electron chi connectivity index (χ3n) is 7.05. The lowest BCUT2D eigenvalue weighted by Gasteiger charge is -2.46. The van der Waals surface area contributed by atoms with Gasteiger partial charge in [-0.15, -0.1) is 0 Å². The van der Waals surface area contributed by atoms with Crippen LogP contribution in [0.2, 0.25) is 0 Å². The first-order valence-electron chi connectivity index (χ1n) is 9.77. The predicted molar refractivity (Wildman–Crippen MR) is 97.4 cm³/mol. The Labute approximate surface area is 160 Å². The number of carbonyl (C=O) groups is 3. The summed E-state index contributed by atoms with van der Waals surface area (Å²) in [5.74, 6) is -1.41. The normalized spacial score (nSPS) is 40.8. The molecule has 1 saturated heterocycles. The van der Waals surface area contributed by atoms with Gasteiger partial charge >= 0.3 is 17.9 Å². The molecule has 1 aliphatic heterocycles. The van der Waals surface area contributed by atoms with Crippen molar-refractivity contribution in [2.75, 3.05) is 6.61 Å². The number of rotatable bonds is 3. The molecule has 0 unspecified atom stereocenters. The maximum absolute atomic E-state index is 12.9.